The van der Waals surface area contributed by atoms with Crippen molar-refractivity contribution in [3.63, 3.8) is 0 Å². The van der Waals surface area contributed by atoms with Crippen molar-refractivity contribution in [1.29, 1.82) is 0 Å². The largest absolute Gasteiger partial charge is 0.446 e. The van der Waals surface area contributed by atoms with Gasteiger partial charge in [-0.15, -0.1) is 0 Å². The lowest BCUT2D eigenvalue weighted by atomic mass is 10.1. The van der Waals surface area contributed by atoms with E-state index in [0.717, 1.165) is 37.4 Å². The van der Waals surface area contributed by atoms with E-state index in [1.54, 1.807) is 16.8 Å². The summed E-state index contributed by atoms with van der Waals surface area (Å²) >= 11 is -0.182. The zero-order valence-corrected chi connectivity index (χ0v) is 20.8. The Balaban J connectivity index is 1.33. The van der Waals surface area contributed by atoms with Gasteiger partial charge in [0.1, 0.15) is 0 Å². The predicted molar refractivity (Wildman–Crippen MR) is 137 cm³/mol. The summed E-state index contributed by atoms with van der Waals surface area (Å²) in [5.74, 6) is 0.458. The van der Waals surface area contributed by atoms with E-state index in [1.165, 1.54) is 30.3 Å². The monoisotopic (exact) mass is 527 g/mol. The first kappa shape index (κ1) is 25.1. The van der Waals surface area contributed by atoms with Gasteiger partial charge in [0, 0.05) is 54.6 Å². The Morgan fingerprint density at radius 3 is 2.43 bits per heavy atom. The maximum Gasteiger partial charge on any atom is 0.446 e. The molecule has 4 aromatic rings. The van der Waals surface area contributed by atoms with Gasteiger partial charge in [-0.2, -0.15) is 18.2 Å². The van der Waals surface area contributed by atoms with Gasteiger partial charge in [0.05, 0.1) is 12.1 Å². The van der Waals surface area contributed by atoms with E-state index in [0.29, 0.717) is 17.7 Å². The van der Waals surface area contributed by atoms with Crippen LogP contribution in [-0.2, 0) is 6.54 Å². The molecule has 192 valence electrons. The SMILES string of the molecule is CN1CCN(c2cccc(Cn3cc(-c4nc(-c5ccc(SC(F)(F)F)cc5)no4)ccc3=O)c2)CC1. The molecule has 0 atom stereocenters. The number of pyridine rings is 1. The highest BCUT2D eigenvalue weighted by Crippen LogP contribution is 2.37. The van der Waals surface area contributed by atoms with Crippen molar-refractivity contribution < 1.29 is 17.7 Å². The molecule has 2 aromatic heterocycles. The third-order valence-electron chi connectivity index (χ3n) is 6.13. The summed E-state index contributed by atoms with van der Waals surface area (Å²) in [6.07, 6.45) is 1.67. The minimum Gasteiger partial charge on any atom is -0.369 e. The van der Waals surface area contributed by atoms with Crippen molar-refractivity contribution in [2.75, 3.05) is 38.1 Å². The van der Waals surface area contributed by atoms with Crippen LogP contribution in [0.15, 0.2) is 81.1 Å². The maximum absolute atomic E-state index is 12.6. The fourth-order valence-electron chi connectivity index (χ4n) is 4.16. The molecule has 5 rings (SSSR count). The molecule has 3 heterocycles. The molecule has 2 aromatic carbocycles. The van der Waals surface area contributed by atoms with Crippen molar-refractivity contribution in [3.05, 3.63) is 82.8 Å². The van der Waals surface area contributed by atoms with Crippen LogP contribution in [0.5, 0.6) is 0 Å². The van der Waals surface area contributed by atoms with E-state index in [1.807, 2.05) is 12.1 Å². The van der Waals surface area contributed by atoms with Crippen LogP contribution in [0.3, 0.4) is 0 Å². The fraction of sp³-hybridized carbons (Fsp3) is 0.269. The second kappa shape index (κ2) is 10.4. The van der Waals surface area contributed by atoms with Gasteiger partial charge in [-0.3, -0.25) is 4.79 Å². The lowest BCUT2D eigenvalue weighted by Crippen LogP contribution is -2.44. The van der Waals surface area contributed by atoms with Gasteiger partial charge < -0.3 is 18.9 Å². The van der Waals surface area contributed by atoms with Gasteiger partial charge in [-0.25, -0.2) is 0 Å². The molecule has 1 aliphatic rings. The number of piperazine rings is 1. The summed E-state index contributed by atoms with van der Waals surface area (Å²) in [6.45, 7) is 4.31. The topological polar surface area (TPSA) is 67.4 Å². The number of nitrogens with zero attached hydrogens (tertiary/aromatic N) is 5. The number of benzene rings is 2. The highest BCUT2D eigenvalue weighted by atomic mass is 32.2. The second-order valence-corrected chi connectivity index (χ2v) is 9.98. The van der Waals surface area contributed by atoms with E-state index in [-0.39, 0.29) is 33.9 Å². The first-order valence-corrected chi connectivity index (χ1v) is 12.5. The summed E-state index contributed by atoms with van der Waals surface area (Å²) in [5.41, 5.74) is -1.29. The molecule has 0 spiro atoms. The Kier molecular flexibility index (Phi) is 7.07. The maximum atomic E-state index is 12.6. The van der Waals surface area contributed by atoms with Crippen LogP contribution in [0, 0.1) is 0 Å². The Morgan fingerprint density at radius 1 is 0.973 bits per heavy atom. The second-order valence-electron chi connectivity index (χ2n) is 8.84. The Hall–Kier alpha value is -3.57. The quantitative estimate of drug-likeness (QED) is 0.328. The molecule has 0 unspecified atom stereocenters. The molecule has 11 heteroatoms. The molecule has 0 aliphatic carbocycles. The van der Waals surface area contributed by atoms with E-state index >= 15 is 0 Å². The normalized spacial score (nSPS) is 14.8. The van der Waals surface area contributed by atoms with Crippen LogP contribution in [0.4, 0.5) is 18.9 Å². The summed E-state index contributed by atoms with van der Waals surface area (Å²) in [7, 11) is 2.12. The van der Waals surface area contributed by atoms with Crippen LogP contribution >= 0.6 is 11.8 Å². The number of likely N-dealkylation sites (N-methyl/N-ethyl adjacent to an activating group) is 1. The molecule has 0 saturated carbocycles. The lowest BCUT2D eigenvalue weighted by molar-refractivity contribution is -0.0328. The zero-order chi connectivity index (χ0) is 26.0. The Morgan fingerprint density at radius 2 is 1.70 bits per heavy atom. The fourth-order valence-corrected chi connectivity index (χ4v) is 4.70. The van der Waals surface area contributed by atoms with Gasteiger partial charge in [0.2, 0.25) is 5.82 Å². The van der Waals surface area contributed by atoms with Crippen LogP contribution < -0.4 is 10.5 Å². The molecular weight excluding hydrogens is 503 g/mol. The van der Waals surface area contributed by atoms with Crippen molar-refractivity contribution in [2.45, 2.75) is 16.9 Å². The molecule has 7 nitrogen and oxygen atoms in total. The highest BCUT2D eigenvalue weighted by Gasteiger charge is 2.29. The minimum absolute atomic E-state index is 0.0729. The molecule has 0 radical (unpaired) electrons. The molecule has 1 aliphatic heterocycles. The van der Waals surface area contributed by atoms with E-state index in [4.69, 9.17) is 4.52 Å². The summed E-state index contributed by atoms with van der Waals surface area (Å²) < 4.78 is 44.7. The van der Waals surface area contributed by atoms with E-state index in [2.05, 4.69) is 39.1 Å². The molecule has 1 saturated heterocycles. The van der Waals surface area contributed by atoms with Crippen molar-refractivity contribution in [3.8, 4) is 22.8 Å². The summed E-state index contributed by atoms with van der Waals surface area (Å²) in [6, 6.07) is 17.0. The first-order chi connectivity index (χ1) is 17.7. The zero-order valence-electron chi connectivity index (χ0n) is 20.0. The molecule has 0 amide bonds. The van der Waals surface area contributed by atoms with Crippen LogP contribution in [0.25, 0.3) is 22.8 Å². The van der Waals surface area contributed by atoms with E-state index < -0.39 is 5.51 Å². The number of hydrogen-bond acceptors (Lipinski definition) is 7. The van der Waals surface area contributed by atoms with Crippen molar-refractivity contribution >= 4 is 17.4 Å². The van der Waals surface area contributed by atoms with Gasteiger partial charge in [-0.1, -0.05) is 17.3 Å². The van der Waals surface area contributed by atoms with E-state index in [9.17, 15) is 18.0 Å². The van der Waals surface area contributed by atoms with Crippen molar-refractivity contribution in [1.82, 2.24) is 19.6 Å². The molecular formula is C26H24F3N5O2S. The number of hydrogen-bond donors (Lipinski definition) is 0. The summed E-state index contributed by atoms with van der Waals surface area (Å²) in [4.78, 5) is 21.7. The average molecular weight is 528 g/mol. The van der Waals surface area contributed by atoms with Gasteiger partial charge in [0.15, 0.2) is 0 Å². The van der Waals surface area contributed by atoms with Gasteiger partial charge in [0.25, 0.3) is 11.4 Å². The number of alkyl halides is 3. The smallest absolute Gasteiger partial charge is 0.369 e. The lowest BCUT2D eigenvalue weighted by Gasteiger charge is -2.34. The number of halogens is 3. The standard InChI is InChI=1S/C26H24F3N5O2S/c1-32-11-13-33(14-12-32)21-4-2-3-18(15-21)16-34-17-20(7-10-23(34)35)25-30-24(31-36-25)19-5-8-22(9-6-19)37-26(27,28)29/h2-10,15,17H,11-14,16H2,1H3. The minimum atomic E-state index is -4.35. The number of rotatable bonds is 6. The first-order valence-electron chi connectivity index (χ1n) is 11.7. The molecule has 37 heavy (non-hydrogen) atoms. The third kappa shape index (κ3) is 6.23. The Bertz CT molecular complexity index is 1430. The average Bonchev–Trinajstić information content (AvgIpc) is 3.36. The molecule has 0 bridgehead atoms. The van der Waals surface area contributed by atoms with Crippen LogP contribution in [0.1, 0.15) is 5.56 Å². The Labute approximate surface area is 215 Å². The number of thioether (sulfide) groups is 1. The molecule has 0 N–H and O–H groups in total. The summed E-state index contributed by atoms with van der Waals surface area (Å²) in [5, 5.41) is 3.96. The van der Waals surface area contributed by atoms with Crippen LogP contribution in [-0.4, -0.2) is 58.3 Å². The number of aromatic nitrogens is 3. The number of anilines is 1. The highest BCUT2D eigenvalue weighted by molar-refractivity contribution is 8.00. The van der Waals surface area contributed by atoms with Crippen LogP contribution in [0.2, 0.25) is 0 Å². The van der Waals surface area contributed by atoms with Crippen molar-refractivity contribution in [2.24, 2.45) is 0 Å². The predicted octanol–water partition coefficient (Wildman–Crippen LogP) is 4.98. The van der Waals surface area contributed by atoms with Gasteiger partial charge >= 0.3 is 5.51 Å². The van der Waals surface area contributed by atoms with Gasteiger partial charge in [-0.05, 0) is 66.8 Å². The third-order valence-corrected chi connectivity index (χ3v) is 6.87. The molecule has 1 fully saturated rings.